The van der Waals surface area contributed by atoms with Gasteiger partial charge in [0.05, 0.1) is 6.33 Å². The molecule has 1 aromatic heterocycles. The largest absolute Gasteiger partial charge is 0.330 e. The van der Waals surface area contributed by atoms with Crippen molar-refractivity contribution in [2.45, 2.75) is 64.8 Å². The minimum atomic E-state index is 0.0159. The molecule has 0 saturated carbocycles. The number of hydrogen-bond donors (Lipinski definition) is 1. The number of carbonyl (C=O) groups is 1. The molecule has 22 heavy (non-hydrogen) atoms. The van der Waals surface area contributed by atoms with Crippen LogP contribution in [-0.4, -0.2) is 40.0 Å². The van der Waals surface area contributed by atoms with Crippen molar-refractivity contribution >= 4 is 11.7 Å². The molecule has 0 aliphatic carbocycles. The van der Waals surface area contributed by atoms with E-state index >= 15 is 0 Å². The SMILES string of the molecule is CCCCC(=O)Nc1cn(C(C)(C)CCN2CCCC2)cn1. The lowest BCUT2D eigenvalue weighted by Crippen LogP contribution is -2.31. The second-order valence-corrected chi connectivity index (χ2v) is 6.93. The maximum absolute atomic E-state index is 11.8. The molecule has 1 aromatic rings. The lowest BCUT2D eigenvalue weighted by Gasteiger charge is -2.28. The summed E-state index contributed by atoms with van der Waals surface area (Å²) in [6, 6.07) is 0. The standard InChI is InChI=1S/C17H30N4O/c1-4-5-8-16(22)19-15-13-21(14-18-15)17(2,3)9-12-20-10-6-7-11-20/h13-14H,4-12H2,1-3H3,(H,19,22). The predicted octanol–water partition coefficient (Wildman–Crippen LogP) is 3.23. The van der Waals surface area contributed by atoms with Crippen LogP contribution in [0.15, 0.2) is 12.5 Å². The number of nitrogens with zero attached hydrogens (tertiary/aromatic N) is 3. The fourth-order valence-corrected chi connectivity index (χ4v) is 2.83. The number of unbranched alkanes of at least 4 members (excludes halogenated alkanes) is 1. The monoisotopic (exact) mass is 306 g/mol. The normalized spacial score (nSPS) is 16.1. The predicted molar refractivity (Wildman–Crippen MR) is 90.0 cm³/mol. The molecule has 2 heterocycles. The number of nitrogens with one attached hydrogen (secondary N) is 1. The van der Waals surface area contributed by atoms with Crippen molar-refractivity contribution in [2.24, 2.45) is 0 Å². The Morgan fingerprint density at radius 1 is 1.36 bits per heavy atom. The van der Waals surface area contributed by atoms with Crippen LogP contribution in [0.3, 0.4) is 0 Å². The molecule has 1 amide bonds. The van der Waals surface area contributed by atoms with Crippen molar-refractivity contribution in [2.75, 3.05) is 25.0 Å². The highest BCUT2D eigenvalue weighted by atomic mass is 16.1. The quantitative estimate of drug-likeness (QED) is 0.802. The van der Waals surface area contributed by atoms with Crippen molar-refractivity contribution < 1.29 is 4.79 Å². The van der Waals surface area contributed by atoms with E-state index in [1.807, 2.05) is 12.5 Å². The van der Waals surface area contributed by atoms with Crippen LogP contribution in [0, 0.1) is 0 Å². The Balaban J connectivity index is 1.86. The zero-order chi connectivity index (χ0) is 16.0. The maximum atomic E-state index is 11.8. The van der Waals surface area contributed by atoms with Crippen molar-refractivity contribution in [1.82, 2.24) is 14.5 Å². The molecule has 2 rings (SSSR count). The molecular weight excluding hydrogens is 276 g/mol. The zero-order valence-electron chi connectivity index (χ0n) is 14.3. The number of rotatable bonds is 8. The first-order valence-electron chi connectivity index (χ1n) is 8.58. The van der Waals surface area contributed by atoms with Crippen LogP contribution < -0.4 is 5.32 Å². The molecule has 0 spiro atoms. The summed E-state index contributed by atoms with van der Waals surface area (Å²) in [6.07, 6.45) is 10.1. The summed E-state index contributed by atoms with van der Waals surface area (Å²) in [6.45, 7) is 10.1. The van der Waals surface area contributed by atoms with E-state index in [1.165, 1.54) is 25.9 Å². The van der Waals surface area contributed by atoms with Crippen LogP contribution in [0.4, 0.5) is 5.82 Å². The Bertz CT molecular complexity index is 475. The fraction of sp³-hybridized carbons (Fsp3) is 0.765. The highest BCUT2D eigenvalue weighted by Gasteiger charge is 2.23. The van der Waals surface area contributed by atoms with E-state index in [0.717, 1.165) is 25.8 Å². The van der Waals surface area contributed by atoms with Gasteiger partial charge in [-0.25, -0.2) is 4.98 Å². The zero-order valence-corrected chi connectivity index (χ0v) is 14.3. The summed E-state index contributed by atoms with van der Waals surface area (Å²) in [4.78, 5) is 18.6. The maximum Gasteiger partial charge on any atom is 0.225 e. The van der Waals surface area contributed by atoms with Crippen LogP contribution in [0.5, 0.6) is 0 Å². The lowest BCUT2D eigenvalue weighted by atomic mass is 10.0. The minimum absolute atomic E-state index is 0.0159. The summed E-state index contributed by atoms with van der Waals surface area (Å²) >= 11 is 0. The number of likely N-dealkylation sites (tertiary alicyclic amines) is 1. The number of amides is 1. The number of carbonyl (C=O) groups excluding carboxylic acids is 1. The van der Waals surface area contributed by atoms with Crippen molar-refractivity contribution in [1.29, 1.82) is 0 Å². The molecule has 0 radical (unpaired) electrons. The number of imidazole rings is 1. The first-order valence-corrected chi connectivity index (χ1v) is 8.58. The van der Waals surface area contributed by atoms with Gasteiger partial charge in [-0.3, -0.25) is 4.79 Å². The summed E-state index contributed by atoms with van der Waals surface area (Å²) in [7, 11) is 0. The Morgan fingerprint density at radius 2 is 2.09 bits per heavy atom. The van der Waals surface area contributed by atoms with Crippen LogP contribution in [0.1, 0.15) is 59.3 Å². The minimum Gasteiger partial charge on any atom is -0.330 e. The molecule has 1 fully saturated rings. The van der Waals surface area contributed by atoms with Gasteiger partial charge in [-0.15, -0.1) is 0 Å². The molecule has 1 aliphatic rings. The second kappa shape index (κ2) is 7.77. The van der Waals surface area contributed by atoms with Gasteiger partial charge in [-0.05, 0) is 52.6 Å². The lowest BCUT2D eigenvalue weighted by molar-refractivity contribution is -0.116. The fourth-order valence-electron chi connectivity index (χ4n) is 2.83. The molecule has 0 aromatic carbocycles. The van der Waals surface area contributed by atoms with E-state index in [9.17, 15) is 4.79 Å². The third-order valence-electron chi connectivity index (χ3n) is 4.54. The van der Waals surface area contributed by atoms with Gasteiger partial charge >= 0.3 is 0 Å². The summed E-state index contributed by atoms with van der Waals surface area (Å²) in [5.41, 5.74) is 0.0159. The summed E-state index contributed by atoms with van der Waals surface area (Å²) in [5.74, 6) is 0.720. The van der Waals surface area contributed by atoms with Gasteiger partial charge < -0.3 is 14.8 Å². The molecule has 5 heteroatoms. The highest BCUT2D eigenvalue weighted by molar-refractivity contribution is 5.89. The third-order valence-corrected chi connectivity index (χ3v) is 4.54. The van der Waals surface area contributed by atoms with E-state index in [1.54, 1.807) is 0 Å². The summed E-state index contributed by atoms with van der Waals surface area (Å²) in [5, 5.41) is 2.89. The van der Waals surface area contributed by atoms with Crippen LogP contribution >= 0.6 is 0 Å². The highest BCUT2D eigenvalue weighted by Crippen LogP contribution is 2.23. The van der Waals surface area contributed by atoms with E-state index in [0.29, 0.717) is 12.2 Å². The molecule has 0 unspecified atom stereocenters. The van der Waals surface area contributed by atoms with E-state index in [-0.39, 0.29) is 11.4 Å². The van der Waals surface area contributed by atoms with Gasteiger partial charge in [-0.1, -0.05) is 13.3 Å². The van der Waals surface area contributed by atoms with Gasteiger partial charge in [0.15, 0.2) is 5.82 Å². The Labute approximate surface area is 134 Å². The smallest absolute Gasteiger partial charge is 0.225 e. The second-order valence-electron chi connectivity index (χ2n) is 6.93. The Morgan fingerprint density at radius 3 is 2.77 bits per heavy atom. The van der Waals surface area contributed by atoms with Gasteiger partial charge in [0.25, 0.3) is 0 Å². The van der Waals surface area contributed by atoms with Gasteiger partial charge in [0.1, 0.15) is 0 Å². The van der Waals surface area contributed by atoms with Crippen molar-refractivity contribution in [3.8, 4) is 0 Å². The molecule has 1 saturated heterocycles. The van der Waals surface area contributed by atoms with E-state index in [4.69, 9.17) is 0 Å². The van der Waals surface area contributed by atoms with Gasteiger partial charge in [-0.2, -0.15) is 0 Å². The molecular formula is C17H30N4O. The topological polar surface area (TPSA) is 50.2 Å². The van der Waals surface area contributed by atoms with Crippen LogP contribution in [0.2, 0.25) is 0 Å². The number of hydrogen-bond acceptors (Lipinski definition) is 3. The molecule has 1 aliphatic heterocycles. The van der Waals surface area contributed by atoms with Crippen LogP contribution in [0.25, 0.3) is 0 Å². The Hall–Kier alpha value is -1.36. The molecule has 5 nitrogen and oxygen atoms in total. The average Bonchev–Trinajstić information content (AvgIpc) is 3.14. The number of aromatic nitrogens is 2. The summed E-state index contributed by atoms with van der Waals surface area (Å²) < 4.78 is 2.12. The van der Waals surface area contributed by atoms with Crippen LogP contribution in [-0.2, 0) is 10.3 Å². The molecule has 1 N–H and O–H groups in total. The van der Waals surface area contributed by atoms with Gasteiger partial charge in [0, 0.05) is 24.7 Å². The molecule has 0 atom stereocenters. The molecule has 124 valence electrons. The Kier molecular flexibility index (Phi) is 6.00. The van der Waals surface area contributed by atoms with E-state index in [2.05, 4.69) is 40.5 Å². The first-order chi connectivity index (χ1) is 10.5. The van der Waals surface area contributed by atoms with Crippen molar-refractivity contribution in [3.05, 3.63) is 12.5 Å². The third kappa shape index (κ3) is 4.83. The van der Waals surface area contributed by atoms with Crippen molar-refractivity contribution in [3.63, 3.8) is 0 Å². The first kappa shape index (κ1) is 17.0. The van der Waals surface area contributed by atoms with E-state index < -0.39 is 0 Å². The average molecular weight is 306 g/mol. The van der Waals surface area contributed by atoms with Gasteiger partial charge in [0.2, 0.25) is 5.91 Å². The number of anilines is 1. The molecule has 0 bridgehead atoms.